The molecule has 1 aliphatic heterocycles. The SMILES string of the molecule is Cc1nnnn1CCCN1CCC[C@H]1c1nc2ccccc2n1C. The normalized spacial score (nSPS) is 18.7. The molecule has 1 aliphatic rings. The summed E-state index contributed by atoms with van der Waals surface area (Å²) >= 11 is 0. The summed E-state index contributed by atoms with van der Waals surface area (Å²) in [5, 5.41) is 11.7. The van der Waals surface area contributed by atoms with Crippen LogP contribution in [0.5, 0.6) is 0 Å². The molecule has 0 bridgehead atoms. The molecule has 1 aromatic carbocycles. The van der Waals surface area contributed by atoms with Crippen molar-refractivity contribution in [2.24, 2.45) is 7.05 Å². The summed E-state index contributed by atoms with van der Waals surface area (Å²) in [6, 6.07) is 8.79. The maximum absolute atomic E-state index is 4.90. The van der Waals surface area contributed by atoms with Crippen LogP contribution in [0, 0.1) is 6.92 Å². The first-order valence-corrected chi connectivity index (χ1v) is 8.62. The van der Waals surface area contributed by atoms with Gasteiger partial charge in [-0.3, -0.25) is 4.90 Å². The Balaban J connectivity index is 1.48. The lowest BCUT2D eigenvalue weighted by Crippen LogP contribution is -2.27. The fraction of sp³-hybridized carbons (Fsp3) is 0.529. The molecular formula is C17H23N7. The van der Waals surface area contributed by atoms with Crippen LogP contribution >= 0.6 is 0 Å². The van der Waals surface area contributed by atoms with Crippen molar-refractivity contribution in [3.63, 3.8) is 0 Å². The molecule has 0 N–H and O–H groups in total. The van der Waals surface area contributed by atoms with Gasteiger partial charge in [0.05, 0.1) is 17.1 Å². The van der Waals surface area contributed by atoms with Gasteiger partial charge >= 0.3 is 0 Å². The Labute approximate surface area is 141 Å². The smallest absolute Gasteiger partial charge is 0.148 e. The maximum atomic E-state index is 4.90. The van der Waals surface area contributed by atoms with E-state index in [1.165, 1.54) is 24.2 Å². The number of hydrogen-bond acceptors (Lipinski definition) is 5. The van der Waals surface area contributed by atoms with Crippen molar-refractivity contribution in [3.8, 4) is 0 Å². The van der Waals surface area contributed by atoms with E-state index in [0.717, 1.165) is 37.4 Å². The first-order chi connectivity index (χ1) is 11.7. The molecule has 7 heteroatoms. The monoisotopic (exact) mass is 325 g/mol. The van der Waals surface area contributed by atoms with Crippen molar-refractivity contribution in [1.82, 2.24) is 34.7 Å². The van der Waals surface area contributed by atoms with Crippen molar-refractivity contribution in [1.29, 1.82) is 0 Å². The van der Waals surface area contributed by atoms with Gasteiger partial charge in [0.15, 0.2) is 0 Å². The standard InChI is InChI=1S/C17H23N7/c1-13-19-20-21-24(13)12-6-11-23-10-5-9-16(23)17-18-14-7-3-4-8-15(14)22(17)2/h3-4,7-8,16H,5-6,9-12H2,1-2H3/t16-/m0/s1. The van der Waals surface area contributed by atoms with Gasteiger partial charge < -0.3 is 4.57 Å². The van der Waals surface area contributed by atoms with Gasteiger partial charge in [0.25, 0.3) is 0 Å². The van der Waals surface area contributed by atoms with Crippen molar-refractivity contribution >= 4 is 11.0 Å². The Kier molecular flexibility index (Phi) is 4.02. The lowest BCUT2D eigenvalue weighted by atomic mass is 10.2. The highest BCUT2D eigenvalue weighted by Gasteiger charge is 2.29. The number of likely N-dealkylation sites (tertiary alicyclic amines) is 1. The predicted octanol–water partition coefficient (Wildman–Crippen LogP) is 2.10. The lowest BCUT2D eigenvalue weighted by molar-refractivity contribution is 0.236. The van der Waals surface area contributed by atoms with Crippen LogP contribution in [-0.4, -0.2) is 47.7 Å². The minimum absolute atomic E-state index is 0.414. The third-order valence-electron chi connectivity index (χ3n) is 5.01. The largest absolute Gasteiger partial charge is 0.330 e. The second-order valence-corrected chi connectivity index (χ2v) is 6.51. The molecular weight excluding hydrogens is 302 g/mol. The second kappa shape index (κ2) is 6.32. The fourth-order valence-electron chi connectivity index (χ4n) is 3.73. The average Bonchev–Trinajstić information content (AvgIpc) is 3.29. The number of hydrogen-bond donors (Lipinski definition) is 0. The van der Waals surface area contributed by atoms with E-state index in [4.69, 9.17) is 4.98 Å². The van der Waals surface area contributed by atoms with Gasteiger partial charge in [0, 0.05) is 20.1 Å². The highest BCUT2D eigenvalue weighted by Crippen LogP contribution is 2.32. The zero-order valence-corrected chi connectivity index (χ0v) is 14.3. The summed E-state index contributed by atoms with van der Waals surface area (Å²) in [4.78, 5) is 7.46. The van der Waals surface area contributed by atoms with Crippen molar-refractivity contribution in [2.75, 3.05) is 13.1 Å². The first-order valence-electron chi connectivity index (χ1n) is 8.62. The quantitative estimate of drug-likeness (QED) is 0.719. The Hall–Kier alpha value is -2.28. The molecule has 0 amide bonds. The van der Waals surface area contributed by atoms with Crippen LogP contribution in [0.25, 0.3) is 11.0 Å². The average molecular weight is 325 g/mol. The van der Waals surface area contributed by atoms with Crippen molar-refractivity contribution < 1.29 is 0 Å². The minimum atomic E-state index is 0.414. The molecule has 1 atom stereocenters. The third kappa shape index (κ3) is 2.69. The third-order valence-corrected chi connectivity index (χ3v) is 5.01. The molecule has 3 heterocycles. The molecule has 0 saturated carbocycles. The molecule has 1 saturated heterocycles. The van der Waals surface area contributed by atoms with Crippen LogP contribution in [0.4, 0.5) is 0 Å². The zero-order valence-electron chi connectivity index (χ0n) is 14.3. The number of benzene rings is 1. The summed E-state index contributed by atoms with van der Waals surface area (Å²) in [7, 11) is 2.13. The molecule has 3 aromatic rings. The van der Waals surface area contributed by atoms with E-state index in [2.05, 4.69) is 56.3 Å². The molecule has 2 aromatic heterocycles. The van der Waals surface area contributed by atoms with Crippen LogP contribution in [-0.2, 0) is 13.6 Å². The number of rotatable bonds is 5. The number of tetrazole rings is 1. The molecule has 7 nitrogen and oxygen atoms in total. The van der Waals surface area contributed by atoms with Gasteiger partial charge in [-0.2, -0.15) is 0 Å². The summed E-state index contributed by atoms with van der Waals surface area (Å²) in [5.41, 5.74) is 2.30. The number of aryl methyl sites for hydroxylation is 3. The molecule has 0 aliphatic carbocycles. The first kappa shape index (κ1) is 15.3. The summed E-state index contributed by atoms with van der Waals surface area (Å²) in [5.74, 6) is 2.07. The van der Waals surface area contributed by atoms with Gasteiger partial charge in [-0.25, -0.2) is 9.67 Å². The molecule has 4 rings (SSSR count). The molecule has 126 valence electrons. The molecule has 0 radical (unpaired) electrons. The Morgan fingerprint density at radius 2 is 2.08 bits per heavy atom. The van der Waals surface area contributed by atoms with Crippen LogP contribution in [0.1, 0.15) is 37.0 Å². The molecule has 0 spiro atoms. The van der Waals surface area contributed by atoms with Gasteiger partial charge in [0.2, 0.25) is 0 Å². The van der Waals surface area contributed by atoms with E-state index >= 15 is 0 Å². The Morgan fingerprint density at radius 3 is 2.88 bits per heavy atom. The lowest BCUT2D eigenvalue weighted by Gasteiger charge is -2.24. The summed E-state index contributed by atoms with van der Waals surface area (Å²) < 4.78 is 4.13. The number of para-hydroxylation sites is 2. The van der Waals surface area contributed by atoms with Crippen molar-refractivity contribution in [2.45, 2.75) is 38.8 Å². The van der Waals surface area contributed by atoms with E-state index in [1.807, 2.05) is 11.6 Å². The van der Waals surface area contributed by atoms with Gasteiger partial charge in [-0.05, 0) is 55.3 Å². The van der Waals surface area contributed by atoms with Crippen LogP contribution in [0.15, 0.2) is 24.3 Å². The summed E-state index contributed by atoms with van der Waals surface area (Å²) in [6.07, 6.45) is 3.46. The predicted molar refractivity (Wildman–Crippen MR) is 91.4 cm³/mol. The number of fused-ring (bicyclic) bond motifs is 1. The number of nitrogens with zero attached hydrogens (tertiary/aromatic N) is 7. The van der Waals surface area contributed by atoms with Gasteiger partial charge in [-0.1, -0.05) is 12.1 Å². The van der Waals surface area contributed by atoms with Crippen molar-refractivity contribution in [3.05, 3.63) is 35.9 Å². The second-order valence-electron chi connectivity index (χ2n) is 6.51. The summed E-state index contributed by atoms with van der Waals surface area (Å²) in [6.45, 7) is 5.00. The minimum Gasteiger partial charge on any atom is -0.330 e. The van der Waals surface area contributed by atoms with Crippen LogP contribution < -0.4 is 0 Å². The highest BCUT2D eigenvalue weighted by molar-refractivity contribution is 5.75. The Bertz CT molecular complexity index is 834. The van der Waals surface area contributed by atoms with Gasteiger partial charge in [-0.15, -0.1) is 5.10 Å². The topological polar surface area (TPSA) is 64.7 Å². The number of imidazole rings is 1. The molecule has 1 fully saturated rings. The van der Waals surface area contributed by atoms with E-state index < -0.39 is 0 Å². The van der Waals surface area contributed by atoms with E-state index in [1.54, 1.807) is 0 Å². The maximum Gasteiger partial charge on any atom is 0.148 e. The molecule has 0 unspecified atom stereocenters. The fourth-order valence-corrected chi connectivity index (χ4v) is 3.73. The zero-order chi connectivity index (χ0) is 16.5. The van der Waals surface area contributed by atoms with E-state index in [9.17, 15) is 0 Å². The van der Waals surface area contributed by atoms with Crippen LogP contribution in [0.2, 0.25) is 0 Å². The van der Waals surface area contributed by atoms with E-state index in [0.29, 0.717) is 6.04 Å². The Morgan fingerprint density at radius 1 is 1.21 bits per heavy atom. The van der Waals surface area contributed by atoms with Gasteiger partial charge in [0.1, 0.15) is 11.6 Å². The van der Waals surface area contributed by atoms with E-state index in [-0.39, 0.29) is 0 Å². The highest BCUT2D eigenvalue weighted by atomic mass is 15.5. The molecule has 24 heavy (non-hydrogen) atoms. The van der Waals surface area contributed by atoms with Crippen LogP contribution in [0.3, 0.4) is 0 Å². The number of aromatic nitrogens is 6.